The van der Waals surface area contributed by atoms with Crippen molar-refractivity contribution in [2.75, 3.05) is 11.9 Å². The summed E-state index contributed by atoms with van der Waals surface area (Å²) in [6, 6.07) is 13.2. The van der Waals surface area contributed by atoms with Crippen LogP contribution in [0.5, 0.6) is 0 Å². The van der Waals surface area contributed by atoms with Gasteiger partial charge >= 0.3 is 5.97 Å². The number of hydrogen-bond donors (Lipinski definition) is 1. The quantitative estimate of drug-likeness (QED) is 0.554. The molecular weight excluding hydrogens is 386 g/mol. The van der Waals surface area contributed by atoms with Crippen LogP contribution in [0, 0.1) is 0 Å². The lowest BCUT2D eigenvalue weighted by Gasteiger charge is -2.07. The number of nitrogens with one attached hydrogen (secondary N) is 1. The van der Waals surface area contributed by atoms with E-state index in [1.165, 1.54) is 0 Å². The molecule has 0 saturated carbocycles. The van der Waals surface area contributed by atoms with E-state index in [-0.39, 0.29) is 18.3 Å². The van der Waals surface area contributed by atoms with Gasteiger partial charge in [0.2, 0.25) is 5.91 Å². The van der Waals surface area contributed by atoms with Crippen molar-refractivity contribution in [1.82, 2.24) is 0 Å². The van der Waals surface area contributed by atoms with Gasteiger partial charge in [-0.05, 0) is 48.9 Å². The van der Waals surface area contributed by atoms with Crippen LogP contribution in [0.1, 0.15) is 40.5 Å². The molecule has 0 bridgehead atoms. The van der Waals surface area contributed by atoms with Crippen LogP contribution in [0.15, 0.2) is 53.0 Å². The van der Waals surface area contributed by atoms with Gasteiger partial charge in [0.25, 0.3) is 0 Å². The van der Waals surface area contributed by atoms with Crippen LogP contribution < -0.4 is 5.32 Å². The molecule has 0 aliphatic rings. The Morgan fingerprint density at radius 3 is 2.40 bits per heavy atom. The lowest BCUT2D eigenvalue weighted by atomic mass is 10.1. The SMILES string of the molecule is CCCC(=O)Nc1ccc(C(=O)COC(=O)c2cccc(Br)c2)cc1. The Bertz CT molecular complexity index is 771. The third-order valence-corrected chi connectivity index (χ3v) is 3.86. The zero-order chi connectivity index (χ0) is 18.2. The molecule has 0 unspecified atom stereocenters. The molecule has 1 N–H and O–H groups in total. The minimum atomic E-state index is -0.557. The van der Waals surface area contributed by atoms with E-state index < -0.39 is 5.97 Å². The first-order valence-electron chi connectivity index (χ1n) is 7.85. The molecule has 0 aromatic heterocycles. The molecule has 0 radical (unpaired) electrons. The van der Waals surface area contributed by atoms with Gasteiger partial charge in [0, 0.05) is 22.1 Å². The highest BCUT2D eigenvalue weighted by molar-refractivity contribution is 9.10. The molecule has 2 aromatic rings. The number of Topliss-reactive ketones (excluding diaryl/α,β-unsaturated/α-hetero) is 1. The number of esters is 1. The first-order chi connectivity index (χ1) is 12.0. The molecule has 2 aromatic carbocycles. The van der Waals surface area contributed by atoms with Crippen molar-refractivity contribution >= 4 is 39.3 Å². The highest BCUT2D eigenvalue weighted by atomic mass is 79.9. The average molecular weight is 404 g/mol. The lowest BCUT2D eigenvalue weighted by molar-refractivity contribution is -0.116. The smallest absolute Gasteiger partial charge is 0.338 e. The first kappa shape index (κ1) is 18.9. The fraction of sp³-hybridized carbons (Fsp3) is 0.211. The summed E-state index contributed by atoms with van der Waals surface area (Å²) in [5.74, 6) is -0.933. The Balaban J connectivity index is 1.90. The number of carbonyl (C=O) groups excluding carboxylic acids is 3. The van der Waals surface area contributed by atoms with Crippen molar-refractivity contribution in [3.05, 3.63) is 64.1 Å². The third-order valence-electron chi connectivity index (χ3n) is 3.36. The van der Waals surface area contributed by atoms with Crippen LogP contribution in [-0.4, -0.2) is 24.3 Å². The number of halogens is 1. The van der Waals surface area contributed by atoms with Crippen molar-refractivity contribution in [2.24, 2.45) is 0 Å². The Morgan fingerprint density at radius 1 is 1.04 bits per heavy atom. The van der Waals surface area contributed by atoms with Gasteiger partial charge < -0.3 is 10.1 Å². The monoisotopic (exact) mass is 403 g/mol. The van der Waals surface area contributed by atoms with Gasteiger partial charge in [-0.1, -0.05) is 28.9 Å². The van der Waals surface area contributed by atoms with E-state index in [1.807, 2.05) is 6.92 Å². The van der Waals surface area contributed by atoms with Crippen LogP contribution >= 0.6 is 15.9 Å². The van der Waals surface area contributed by atoms with Crippen molar-refractivity contribution in [2.45, 2.75) is 19.8 Å². The predicted molar refractivity (Wildman–Crippen MR) is 98.7 cm³/mol. The zero-order valence-electron chi connectivity index (χ0n) is 13.8. The van der Waals surface area contributed by atoms with Crippen LogP contribution in [-0.2, 0) is 9.53 Å². The summed E-state index contributed by atoms with van der Waals surface area (Å²) in [6.07, 6.45) is 1.22. The minimum absolute atomic E-state index is 0.0653. The molecule has 5 nitrogen and oxygen atoms in total. The van der Waals surface area contributed by atoms with Gasteiger partial charge in [-0.25, -0.2) is 4.79 Å². The minimum Gasteiger partial charge on any atom is -0.454 e. The number of benzene rings is 2. The molecule has 0 spiro atoms. The second-order valence-corrected chi connectivity index (χ2v) is 6.30. The van der Waals surface area contributed by atoms with Crippen molar-refractivity contribution < 1.29 is 19.1 Å². The van der Waals surface area contributed by atoms with Gasteiger partial charge in [-0.3, -0.25) is 9.59 Å². The van der Waals surface area contributed by atoms with E-state index in [0.29, 0.717) is 23.2 Å². The van der Waals surface area contributed by atoms with E-state index in [0.717, 1.165) is 10.9 Å². The fourth-order valence-electron chi connectivity index (χ4n) is 2.10. The molecule has 0 saturated heterocycles. The van der Waals surface area contributed by atoms with E-state index in [1.54, 1.807) is 48.5 Å². The predicted octanol–water partition coefficient (Wildman–Crippen LogP) is 4.23. The topological polar surface area (TPSA) is 72.5 Å². The Hall–Kier alpha value is -2.47. The molecular formula is C19H18BrNO4. The number of ether oxygens (including phenoxy) is 1. The second-order valence-electron chi connectivity index (χ2n) is 5.39. The molecule has 6 heteroatoms. The molecule has 0 heterocycles. The van der Waals surface area contributed by atoms with Crippen LogP contribution in [0.2, 0.25) is 0 Å². The molecule has 0 aliphatic carbocycles. The maximum absolute atomic E-state index is 12.1. The number of rotatable bonds is 7. The third kappa shape index (κ3) is 5.83. The molecule has 0 fully saturated rings. The average Bonchev–Trinajstić information content (AvgIpc) is 2.60. The summed E-state index contributed by atoms with van der Waals surface area (Å²) in [6.45, 7) is 1.59. The Morgan fingerprint density at radius 2 is 1.76 bits per heavy atom. The van der Waals surface area contributed by atoms with Gasteiger partial charge in [0.15, 0.2) is 12.4 Å². The van der Waals surface area contributed by atoms with Crippen LogP contribution in [0.3, 0.4) is 0 Å². The largest absolute Gasteiger partial charge is 0.454 e. The fourth-order valence-corrected chi connectivity index (χ4v) is 2.50. The van der Waals surface area contributed by atoms with Crippen molar-refractivity contribution in [3.63, 3.8) is 0 Å². The molecule has 0 atom stereocenters. The summed E-state index contributed by atoms with van der Waals surface area (Å²) in [7, 11) is 0. The highest BCUT2D eigenvalue weighted by Gasteiger charge is 2.12. The Labute approximate surface area is 154 Å². The van der Waals surface area contributed by atoms with Gasteiger partial charge in [0.1, 0.15) is 0 Å². The standard InChI is InChI=1S/C19H18BrNO4/c1-2-4-18(23)21-16-9-7-13(8-10-16)17(22)12-25-19(24)14-5-3-6-15(20)11-14/h3,5-11H,2,4,12H2,1H3,(H,21,23). The first-order valence-corrected chi connectivity index (χ1v) is 8.64. The van der Waals surface area contributed by atoms with Crippen molar-refractivity contribution in [3.8, 4) is 0 Å². The zero-order valence-corrected chi connectivity index (χ0v) is 15.3. The van der Waals surface area contributed by atoms with Gasteiger partial charge in [0.05, 0.1) is 5.56 Å². The van der Waals surface area contributed by atoms with E-state index >= 15 is 0 Å². The van der Waals surface area contributed by atoms with E-state index in [9.17, 15) is 14.4 Å². The Kier molecular flexibility index (Phi) is 6.89. The lowest BCUT2D eigenvalue weighted by Crippen LogP contribution is -2.14. The summed E-state index contributed by atoms with van der Waals surface area (Å²) in [5.41, 5.74) is 1.41. The molecule has 1 amide bonds. The maximum atomic E-state index is 12.1. The number of anilines is 1. The number of hydrogen-bond acceptors (Lipinski definition) is 4. The number of ketones is 1. The normalized spacial score (nSPS) is 10.2. The summed E-state index contributed by atoms with van der Waals surface area (Å²) in [5, 5.41) is 2.75. The number of carbonyl (C=O) groups is 3. The van der Waals surface area contributed by atoms with Gasteiger partial charge in [-0.2, -0.15) is 0 Å². The van der Waals surface area contributed by atoms with Crippen LogP contribution in [0.4, 0.5) is 5.69 Å². The van der Waals surface area contributed by atoms with Crippen LogP contribution in [0.25, 0.3) is 0 Å². The van der Waals surface area contributed by atoms with E-state index in [2.05, 4.69) is 21.2 Å². The van der Waals surface area contributed by atoms with Crippen molar-refractivity contribution in [1.29, 1.82) is 0 Å². The molecule has 2 rings (SSSR count). The second kappa shape index (κ2) is 9.13. The molecule has 130 valence electrons. The molecule has 0 aliphatic heterocycles. The maximum Gasteiger partial charge on any atom is 0.338 e. The molecule has 25 heavy (non-hydrogen) atoms. The van der Waals surface area contributed by atoms with E-state index in [4.69, 9.17) is 4.74 Å². The highest BCUT2D eigenvalue weighted by Crippen LogP contribution is 2.14. The summed E-state index contributed by atoms with van der Waals surface area (Å²) in [4.78, 5) is 35.6. The number of amides is 1. The van der Waals surface area contributed by atoms with Gasteiger partial charge in [-0.15, -0.1) is 0 Å². The summed E-state index contributed by atoms with van der Waals surface area (Å²) >= 11 is 3.28. The summed E-state index contributed by atoms with van der Waals surface area (Å²) < 4.78 is 5.81.